The van der Waals surface area contributed by atoms with Crippen LogP contribution in [0, 0.1) is 0 Å². The molecule has 0 saturated heterocycles. The zero-order valence-corrected chi connectivity index (χ0v) is 19.5. The first-order valence-electron chi connectivity index (χ1n) is 10.1. The molecule has 1 amide bonds. The average Bonchev–Trinajstić information content (AvgIpc) is 3.26. The van der Waals surface area contributed by atoms with E-state index in [1.54, 1.807) is 26.1 Å². The van der Waals surface area contributed by atoms with Gasteiger partial charge in [0.15, 0.2) is 10.3 Å². The Balaban J connectivity index is 1.45. The van der Waals surface area contributed by atoms with Crippen molar-refractivity contribution in [3.63, 3.8) is 0 Å². The van der Waals surface area contributed by atoms with Gasteiger partial charge in [-0.05, 0) is 50.2 Å². The van der Waals surface area contributed by atoms with Gasteiger partial charge in [-0.2, -0.15) is 0 Å². The minimum Gasteiger partial charge on any atom is -0.494 e. The van der Waals surface area contributed by atoms with Crippen LogP contribution in [0.3, 0.4) is 0 Å². The summed E-state index contributed by atoms with van der Waals surface area (Å²) in [5.74, 6) is 0.604. The predicted molar refractivity (Wildman–Crippen MR) is 130 cm³/mol. The Morgan fingerprint density at radius 2 is 1.94 bits per heavy atom. The number of thiazole rings is 1. The van der Waals surface area contributed by atoms with Crippen molar-refractivity contribution in [3.05, 3.63) is 64.3 Å². The van der Waals surface area contributed by atoms with Crippen LogP contribution in [0.2, 0.25) is 0 Å². The molecule has 164 valence electrons. The van der Waals surface area contributed by atoms with Crippen LogP contribution < -0.4 is 15.6 Å². The van der Waals surface area contributed by atoms with E-state index >= 15 is 0 Å². The molecule has 0 radical (unpaired) electrons. The van der Waals surface area contributed by atoms with Crippen LogP contribution in [0.15, 0.2) is 63.9 Å². The van der Waals surface area contributed by atoms with Crippen LogP contribution >= 0.6 is 23.1 Å². The van der Waals surface area contributed by atoms with Gasteiger partial charge in [-0.3, -0.25) is 14.2 Å². The van der Waals surface area contributed by atoms with Crippen LogP contribution in [-0.4, -0.2) is 32.3 Å². The summed E-state index contributed by atoms with van der Waals surface area (Å²) in [5, 5.41) is 5.87. The highest BCUT2D eigenvalue weighted by Gasteiger charge is 2.19. The number of para-hydroxylation sites is 1. The third-order valence-electron chi connectivity index (χ3n) is 4.79. The molecule has 0 saturated carbocycles. The molecule has 0 aliphatic heterocycles. The maximum atomic E-state index is 12.7. The second-order valence-electron chi connectivity index (χ2n) is 7.02. The van der Waals surface area contributed by atoms with Gasteiger partial charge in [-0.15, -0.1) is 11.3 Å². The number of ether oxygens (including phenoxy) is 1. The van der Waals surface area contributed by atoms with E-state index < -0.39 is 5.25 Å². The first kappa shape index (κ1) is 22.0. The standard InChI is InChI=1S/C23H22N4O3S2/c1-4-30-16-11-9-15(10-12-16)19-13-31-22(24-19)26-20(28)14(2)32-23-25-18-8-6-5-7-17(18)21(29)27(23)3/h5-14H,4H2,1-3H3,(H,24,26,28). The highest BCUT2D eigenvalue weighted by Crippen LogP contribution is 2.28. The lowest BCUT2D eigenvalue weighted by Crippen LogP contribution is -2.25. The highest BCUT2D eigenvalue weighted by molar-refractivity contribution is 8.00. The summed E-state index contributed by atoms with van der Waals surface area (Å²) in [7, 11) is 1.67. The van der Waals surface area contributed by atoms with E-state index in [-0.39, 0.29) is 11.5 Å². The normalized spacial score (nSPS) is 12.0. The fourth-order valence-electron chi connectivity index (χ4n) is 3.07. The van der Waals surface area contributed by atoms with Gasteiger partial charge in [-0.1, -0.05) is 23.9 Å². The molecule has 0 fully saturated rings. The van der Waals surface area contributed by atoms with Crippen LogP contribution in [-0.2, 0) is 11.8 Å². The van der Waals surface area contributed by atoms with Crippen molar-refractivity contribution in [1.29, 1.82) is 0 Å². The first-order valence-corrected chi connectivity index (χ1v) is 11.8. The fraction of sp³-hybridized carbons (Fsp3) is 0.217. The number of thioether (sulfide) groups is 1. The van der Waals surface area contributed by atoms with E-state index in [9.17, 15) is 9.59 Å². The van der Waals surface area contributed by atoms with Crippen LogP contribution in [0.1, 0.15) is 13.8 Å². The second-order valence-corrected chi connectivity index (χ2v) is 9.19. The SMILES string of the molecule is CCOc1ccc(-c2csc(NC(=O)C(C)Sc3nc4ccccc4c(=O)n3C)n2)cc1. The number of hydrogen-bond donors (Lipinski definition) is 1. The van der Waals surface area contributed by atoms with E-state index in [1.807, 2.05) is 48.7 Å². The molecule has 2 heterocycles. The highest BCUT2D eigenvalue weighted by atomic mass is 32.2. The van der Waals surface area contributed by atoms with E-state index in [4.69, 9.17) is 4.74 Å². The Hall–Kier alpha value is -3.17. The number of aromatic nitrogens is 3. The molecule has 32 heavy (non-hydrogen) atoms. The summed E-state index contributed by atoms with van der Waals surface area (Å²) in [5.41, 5.74) is 2.21. The predicted octanol–water partition coefficient (Wildman–Crippen LogP) is 4.58. The molecule has 1 N–H and O–H groups in total. The van der Waals surface area contributed by atoms with E-state index in [0.717, 1.165) is 17.0 Å². The lowest BCUT2D eigenvalue weighted by molar-refractivity contribution is -0.115. The molecule has 2 aromatic heterocycles. The topological polar surface area (TPSA) is 86.1 Å². The molecule has 2 aromatic carbocycles. The number of carbonyl (C=O) groups is 1. The van der Waals surface area contributed by atoms with Gasteiger partial charge in [-0.25, -0.2) is 9.97 Å². The number of rotatable bonds is 7. The average molecular weight is 467 g/mol. The second kappa shape index (κ2) is 9.54. The van der Waals surface area contributed by atoms with Gasteiger partial charge < -0.3 is 10.1 Å². The van der Waals surface area contributed by atoms with E-state index in [1.165, 1.54) is 27.7 Å². The maximum Gasteiger partial charge on any atom is 0.261 e. The summed E-state index contributed by atoms with van der Waals surface area (Å²) in [6, 6.07) is 14.9. The molecule has 1 atom stereocenters. The molecule has 0 aliphatic carbocycles. The molecule has 9 heteroatoms. The lowest BCUT2D eigenvalue weighted by atomic mass is 10.2. The number of anilines is 1. The number of benzene rings is 2. The van der Waals surface area contributed by atoms with Crippen molar-refractivity contribution < 1.29 is 9.53 Å². The molecule has 4 rings (SSSR count). The number of hydrogen-bond acceptors (Lipinski definition) is 7. The van der Waals surface area contributed by atoms with Crippen LogP contribution in [0.5, 0.6) is 5.75 Å². The van der Waals surface area contributed by atoms with E-state index in [2.05, 4.69) is 15.3 Å². The van der Waals surface area contributed by atoms with Gasteiger partial charge in [0, 0.05) is 18.0 Å². The number of fused-ring (bicyclic) bond motifs is 1. The third kappa shape index (κ3) is 4.68. The largest absolute Gasteiger partial charge is 0.494 e. The van der Waals surface area contributed by atoms with E-state index in [0.29, 0.717) is 27.8 Å². The molecule has 1 unspecified atom stereocenters. The Morgan fingerprint density at radius 3 is 2.69 bits per heavy atom. The molecule has 0 bridgehead atoms. The number of nitrogens with zero attached hydrogens (tertiary/aromatic N) is 3. The summed E-state index contributed by atoms with van der Waals surface area (Å²) in [6.45, 7) is 4.34. The zero-order valence-electron chi connectivity index (χ0n) is 17.9. The van der Waals surface area contributed by atoms with Gasteiger partial charge in [0.05, 0.1) is 28.5 Å². The van der Waals surface area contributed by atoms with Crippen molar-refractivity contribution in [2.24, 2.45) is 7.05 Å². The Kier molecular flexibility index (Phi) is 6.57. The quantitative estimate of drug-likeness (QED) is 0.317. The number of carbonyl (C=O) groups excluding carboxylic acids is 1. The zero-order chi connectivity index (χ0) is 22.7. The van der Waals surface area contributed by atoms with Crippen molar-refractivity contribution in [2.75, 3.05) is 11.9 Å². The Bertz CT molecular complexity index is 1320. The van der Waals surface area contributed by atoms with Crippen molar-refractivity contribution in [1.82, 2.24) is 14.5 Å². The lowest BCUT2D eigenvalue weighted by Gasteiger charge is -2.13. The first-order chi connectivity index (χ1) is 15.5. The summed E-state index contributed by atoms with van der Waals surface area (Å²) in [4.78, 5) is 34.4. The third-order valence-corrected chi connectivity index (χ3v) is 6.69. The van der Waals surface area contributed by atoms with Gasteiger partial charge in [0.2, 0.25) is 5.91 Å². The molecule has 0 aliphatic rings. The minimum absolute atomic E-state index is 0.134. The monoisotopic (exact) mass is 466 g/mol. The fourth-order valence-corrected chi connectivity index (χ4v) is 4.67. The van der Waals surface area contributed by atoms with Crippen molar-refractivity contribution in [3.8, 4) is 17.0 Å². The summed E-state index contributed by atoms with van der Waals surface area (Å²) < 4.78 is 6.94. The Morgan fingerprint density at radius 1 is 1.19 bits per heavy atom. The maximum absolute atomic E-state index is 12.7. The summed E-state index contributed by atoms with van der Waals surface area (Å²) >= 11 is 2.60. The number of amides is 1. The summed E-state index contributed by atoms with van der Waals surface area (Å²) in [6.07, 6.45) is 0. The molecule has 4 aromatic rings. The van der Waals surface area contributed by atoms with Crippen molar-refractivity contribution in [2.45, 2.75) is 24.3 Å². The van der Waals surface area contributed by atoms with Crippen molar-refractivity contribution >= 4 is 45.0 Å². The van der Waals surface area contributed by atoms with Gasteiger partial charge in [0.25, 0.3) is 5.56 Å². The van der Waals surface area contributed by atoms with Crippen LogP contribution in [0.4, 0.5) is 5.13 Å². The smallest absolute Gasteiger partial charge is 0.261 e. The molecule has 0 spiro atoms. The Labute approximate surface area is 193 Å². The molecular weight excluding hydrogens is 444 g/mol. The molecular formula is C23H22N4O3S2. The van der Waals surface area contributed by atoms with Gasteiger partial charge in [0.1, 0.15) is 5.75 Å². The minimum atomic E-state index is -0.466. The van der Waals surface area contributed by atoms with Crippen LogP contribution in [0.25, 0.3) is 22.2 Å². The molecule has 7 nitrogen and oxygen atoms in total. The van der Waals surface area contributed by atoms with Gasteiger partial charge >= 0.3 is 0 Å². The number of nitrogens with one attached hydrogen (secondary N) is 1.